The fourth-order valence-corrected chi connectivity index (χ4v) is 4.92. The van der Waals surface area contributed by atoms with Crippen LogP contribution >= 0.6 is 15.9 Å². The summed E-state index contributed by atoms with van der Waals surface area (Å²) in [5.74, 6) is 1.29. The largest absolute Gasteiger partial charge is 0.497 e. The Balaban J connectivity index is 1.91. The minimum Gasteiger partial charge on any atom is -0.497 e. The van der Waals surface area contributed by atoms with E-state index in [1.807, 2.05) is 50.2 Å². The van der Waals surface area contributed by atoms with E-state index in [9.17, 15) is 9.59 Å². The van der Waals surface area contributed by atoms with E-state index in [4.69, 9.17) is 14.5 Å². The summed E-state index contributed by atoms with van der Waals surface area (Å²) < 4.78 is 13.1. The van der Waals surface area contributed by atoms with E-state index in [2.05, 4.69) is 15.9 Å². The van der Waals surface area contributed by atoms with Gasteiger partial charge in [-0.15, -0.1) is 0 Å². The minimum atomic E-state index is -0.524. The molecule has 1 unspecified atom stereocenters. The summed E-state index contributed by atoms with van der Waals surface area (Å²) in [6.45, 7) is 4.39. The number of benzene rings is 3. The summed E-state index contributed by atoms with van der Waals surface area (Å²) >= 11 is 3.61. The third-order valence-electron chi connectivity index (χ3n) is 6.30. The summed E-state index contributed by atoms with van der Waals surface area (Å²) in [7, 11) is 3.10. The number of hydrogen-bond donors (Lipinski definition) is 0. The van der Waals surface area contributed by atoms with Crippen molar-refractivity contribution in [1.82, 2.24) is 14.5 Å². The zero-order valence-electron chi connectivity index (χ0n) is 21.8. The molecular formula is C30H30BrN3O4. The number of halogens is 1. The van der Waals surface area contributed by atoms with Gasteiger partial charge in [0.05, 0.1) is 41.3 Å². The molecule has 4 rings (SSSR count). The van der Waals surface area contributed by atoms with Crippen molar-refractivity contribution >= 4 is 38.8 Å². The van der Waals surface area contributed by atoms with Gasteiger partial charge in [-0.1, -0.05) is 49.4 Å². The van der Waals surface area contributed by atoms with Gasteiger partial charge in [-0.25, -0.2) is 4.98 Å². The minimum absolute atomic E-state index is 0.167. The quantitative estimate of drug-likeness (QED) is 0.223. The molecule has 0 aliphatic carbocycles. The maximum atomic E-state index is 14.0. The molecule has 4 aromatic rings. The molecule has 0 aliphatic rings. The molecule has 8 heteroatoms. The van der Waals surface area contributed by atoms with Crippen molar-refractivity contribution in [1.29, 1.82) is 0 Å². The highest BCUT2D eigenvalue weighted by Gasteiger charge is 2.27. The Morgan fingerprint density at radius 1 is 1.08 bits per heavy atom. The van der Waals surface area contributed by atoms with Gasteiger partial charge < -0.3 is 14.4 Å². The van der Waals surface area contributed by atoms with Gasteiger partial charge in [-0.3, -0.25) is 14.2 Å². The molecule has 0 saturated carbocycles. The lowest BCUT2D eigenvalue weighted by molar-refractivity contribution is -0.128. The number of carbonyl (C=O) groups is 1. The number of amides is 1. The highest BCUT2D eigenvalue weighted by molar-refractivity contribution is 9.10. The smallest absolute Gasteiger partial charge is 0.266 e. The van der Waals surface area contributed by atoms with Crippen LogP contribution in [0.25, 0.3) is 22.7 Å². The average Bonchev–Trinajstić information content (AvgIpc) is 2.95. The van der Waals surface area contributed by atoms with Crippen LogP contribution in [0.4, 0.5) is 0 Å². The first-order valence-electron chi connectivity index (χ1n) is 12.4. The normalized spacial score (nSPS) is 12.0. The first-order chi connectivity index (χ1) is 18.4. The Hall–Kier alpha value is -3.91. The molecule has 1 amide bonds. The molecule has 0 saturated heterocycles. The van der Waals surface area contributed by atoms with Gasteiger partial charge in [0, 0.05) is 24.8 Å². The first-order valence-corrected chi connectivity index (χ1v) is 13.2. The first kappa shape index (κ1) is 27.1. The van der Waals surface area contributed by atoms with Crippen LogP contribution < -0.4 is 15.0 Å². The maximum absolute atomic E-state index is 14.0. The molecule has 1 atom stereocenters. The molecule has 0 bridgehead atoms. The number of fused-ring (bicyclic) bond motifs is 1. The van der Waals surface area contributed by atoms with Gasteiger partial charge in [0.15, 0.2) is 0 Å². The fraction of sp³-hybridized carbons (Fsp3) is 0.233. The van der Waals surface area contributed by atoms with Crippen LogP contribution in [0.1, 0.15) is 37.7 Å². The van der Waals surface area contributed by atoms with E-state index < -0.39 is 6.04 Å². The summed E-state index contributed by atoms with van der Waals surface area (Å²) in [5, 5.41) is 0.467. The van der Waals surface area contributed by atoms with Gasteiger partial charge in [0.2, 0.25) is 5.91 Å². The lowest BCUT2D eigenvalue weighted by Crippen LogP contribution is -2.37. The molecule has 1 aromatic heterocycles. The van der Waals surface area contributed by atoms with Crippen LogP contribution in [0.2, 0.25) is 0 Å². The standard InChI is InChI=1S/C30H30BrN3O4/c1-5-17-33(27(35)16-15-21-11-7-6-8-12-21)20(2)29-32-24-14-10-9-13-23(24)30(36)34(29)25-18-22(37-3)19-26(38-4)28(25)31/h6-16,18-20H,5,17H2,1-4H3/b16-15+. The van der Waals surface area contributed by atoms with E-state index in [-0.39, 0.29) is 11.5 Å². The Morgan fingerprint density at radius 2 is 1.79 bits per heavy atom. The van der Waals surface area contributed by atoms with Crippen molar-refractivity contribution in [2.45, 2.75) is 26.3 Å². The number of ether oxygens (including phenoxy) is 2. The molecule has 3 aromatic carbocycles. The van der Waals surface area contributed by atoms with Crippen LogP contribution in [-0.2, 0) is 4.79 Å². The Labute approximate surface area is 230 Å². The lowest BCUT2D eigenvalue weighted by Gasteiger charge is -2.30. The summed E-state index contributed by atoms with van der Waals surface area (Å²) in [6.07, 6.45) is 4.10. The lowest BCUT2D eigenvalue weighted by atomic mass is 10.1. The fourth-order valence-electron chi connectivity index (χ4n) is 4.35. The molecule has 7 nitrogen and oxygen atoms in total. The highest BCUT2D eigenvalue weighted by Crippen LogP contribution is 2.37. The SMILES string of the molecule is CCCN(C(=O)/C=C/c1ccccc1)C(C)c1nc2ccccc2c(=O)n1-c1cc(OC)cc(OC)c1Br. The molecule has 0 spiro atoms. The molecule has 1 heterocycles. The van der Waals surface area contributed by atoms with Crippen LogP contribution in [0.5, 0.6) is 11.5 Å². The third-order valence-corrected chi connectivity index (χ3v) is 7.10. The van der Waals surface area contributed by atoms with E-state index >= 15 is 0 Å². The van der Waals surface area contributed by atoms with Crippen molar-refractivity contribution in [3.8, 4) is 17.2 Å². The number of carbonyl (C=O) groups excluding carboxylic acids is 1. The summed E-state index contributed by atoms with van der Waals surface area (Å²) in [5.41, 5.74) is 1.75. The number of para-hydroxylation sites is 1. The Morgan fingerprint density at radius 3 is 2.47 bits per heavy atom. The van der Waals surface area contributed by atoms with Crippen molar-refractivity contribution in [3.63, 3.8) is 0 Å². The molecule has 0 aliphatic heterocycles. The Kier molecular flexibility index (Phi) is 8.63. The van der Waals surface area contributed by atoms with Crippen molar-refractivity contribution in [3.05, 3.63) is 99.0 Å². The summed E-state index contributed by atoms with van der Waals surface area (Å²) in [6, 6.07) is 19.8. The number of aromatic nitrogens is 2. The molecule has 0 N–H and O–H groups in total. The van der Waals surface area contributed by atoms with Crippen molar-refractivity contribution in [2.24, 2.45) is 0 Å². The molecular weight excluding hydrogens is 546 g/mol. The second-order valence-corrected chi connectivity index (χ2v) is 9.54. The molecule has 0 radical (unpaired) electrons. The van der Waals surface area contributed by atoms with E-state index in [1.54, 1.807) is 66.2 Å². The van der Waals surface area contributed by atoms with Crippen LogP contribution in [0, 0.1) is 0 Å². The second kappa shape index (κ2) is 12.1. The summed E-state index contributed by atoms with van der Waals surface area (Å²) in [4.78, 5) is 34.1. The Bertz CT molecular complexity index is 1530. The number of rotatable bonds is 9. The van der Waals surface area contributed by atoms with Gasteiger partial charge in [0.1, 0.15) is 17.3 Å². The molecule has 38 heavy (non-hydrogen) atoms. The average molecular weight is 576 g/mol. The van der Waals surface area contributed by atoms with E-state index in [1.165, 1.54) is 0 Å². The van der Waals surface area contributed by atoms with Gasteiger partial charge >= 0.3 is 0 Å². The van der Waals surface area contributed by atoms with Crippen LogP contribution in [0.3, 0.4) is 0 Å². The molecule has 0 fully saturated rings. The van der Waals surface area contributed by atoms with Gasteiger partial charge in [0.25, 0.3) is 5.56 Å². The number of hydrogen-bond acceptors (Lipinski definition) is 5. The van der Waals surface area contributed by atoms with Crippen LogP contribution in [-0.4, -0.2) is 41.1 Å². The van der Waals surface area contributed by atoms with E-state index in [0.29, 0.717) is 44.9 Å². The second-order valence-electron chi connectivity index (χ2n) is 8.74. The van der Waals surface area contributed by atoms with Crippen molar-refractivity contribution < 1.29 is 14.3 Å². The predicted octanol–water partition coefficient (Wildman–Crippen LogP) is 6.18. The number of nitrogens with zero attached hydrogens (tertiary/aromatic N) is 3. The molecule has 196 valence electrons. The van der Waals surface area contributed by atoms with Crippen molar-refractivity contribution in [2.75, 3.05) is 20.8 Å². The monoisotopic (exact) mass is 575 g/mol. The zero-order valence-corrected chi connectivity index (χ0v) is 23.4. The highest BCUT2D eigenvalue weighted by atomic mass is 79.9. The van der Waals surface area contributed by atoms with E-state index in [0.717, 1.165) is 12.0 Å². The predicted molar refractivity (Wildman–Crippen MR) is 154 cm³/mol. The maximum Gasteiger partial charge on any atom is 0.266 e. The topological polar surface area (TPSA) is 73.7 Å². The van der Waals surface area contributed by atoms with Gasteiger partial charge in [-0.2, -0.15) is 0 Å². The van der Waals surface area contributed by atoms with Gasteiger partial charge in [-0.05, 0) is 53.0 Å². The zero-order chi connectivity index (χ0) is 27.2. The number of methoxy groups -OCH3 is 2. The van der Waals surface area contributed by atoms with Crippen LogP contribution in [0.15, 0.2) is 82.1 Å². The third kappa shape index (κ3) is 5.50.